The van der Waals surface area contributed by atoms with Crippen LogP contribution in [0.2, 0.25) is 0 Å². The van der Waals surface area contributed by atoms with Gasteiger partial charge >= 0.3 is 0 Å². The van der Waals surface area contributed by atoms with Crippen LogP contribution in [0.1, 0.15) is 60.3 Å². The second kappa shape index (κ2) is 6.53. The molecule has 1 N–H and O–H groups in total. The van der Waals surface area contributed by atoms with Gasteiger partial charge in [0.05, 0.1) is 0 Å². The molecule has 0 aromatic heterocycles. The summed E-state index contributed by atoms with van der Waals surface area (Å²) >= 11 is 0. The molecule has 0 aromatic carbocycles. The van der Waals surface area contributed by atoms with Crippen LogP contribution in [-0.4, -0.2) is 18.2 Å². The van der Waals surface area contributed by atoms with Crippen LogP contribution in [0, 0.1) is 23.2 Å². The van der Waals surface area contributed by atoms with Crippen molar-refractivity contribution in [1.29, 1.82) is 0 Å². The minimum Gasteiger partial charge on any atom is -0.356 e. The molecule has 2 unspecified atom stereocenters. The summed E-state index contributed by atoms with van der Waals surface area (Å²) in [5, 5.41) is 3.00. The summed E-state index contributed by atoms with van der Waals surface area (Å²) in [6.45, 7) is 10.5. The van der Waals surface area contributed by atoms with Gasteiger partial charge in [-0.05, 0) is 25.2 Å². The lowest BCUT2D eigenvalue weighted by molar-refractivity contribution is -0.131. The molecule has 3 heteroatoms. The molecule has 1 rings (SSSR count). The molecular weight excluding hydrogens is 238 g/mol. The Morgan fingerprint density at radius 3 is 2.37 bits per heavy atom. The first-order valence-corrected chi connectivity index (χ1v) is 7.54. The Hall–Kier alpha value is -0.860. The topological polar surface area (TPSA) is 46.2 Å². The zero-order valence-electron chi connectivity index (χ0n) is 13.1. The molecule has 0 bridgehead atoms. The van der Waals surface area contributed by atoms with E-state index >= 15 is 0 Å². The van der Waals surface area contributed by atoms with Crippen LogP contribution in [-0.2, 0) is 9.59 Å². The van der Waals surface area contributed by atoms with Gasteiger partial charge in [0.1, 0.15) is 5.78 Å². The third-order valence-electron chi connectivity index (χ3n) is 3.98. The molecule has 0 radical (unpaired) electrons. The highest BCUT2D eigenvalue weighted by Crippen LogP contribution is 2.34. The Morgan fingerprint density at radius 2 is 1.84 bits per heavy atom. The van der Waals surface area contributed by atoms with Crippen molar-refractivity contribution in [3.63, 3.8) is 0 Å². The fourth-order valence-corrected chi connectivity index (χ4v) is 2.78. The van der Waals surface area contributed by atoms with Crippen molar-refractivity contribution in [2.45, 2.75) is 60.3 Å². The third-order valence-corrected chi connectivity index (χ3v) is 3.98. The van der Waals surface area contributed by atoms with E-state index in [0.717, 1.165) is 32.2 Å². The van der Waals surface area contributed by atoms with Crippen LogP contribution in [0.4, 0.5) is 0 Å². The summed E-state index contributed by atoms with van der Waals surface area (Å²) in [7, 11) is 0. The molecule has 1 aliphatic carbocycles. The van der Waals surface area contributed by atoms with Crippen molar-refractivity contribution in [2.24, 2.45) is 23.2 Å². The highest BCUT2D eigenvalue weighted by molar-refractivity contribution is 5.86. The predicted octanol–water partition coefficient (Wildman–Crippen LogP) is 3.18. The van der Waals surface area contributed by atoms with Crippen LogP contribution in [0.15, 0.2) is 0 Å². The van der Waals surface area contributed by atoms with Crippen LogP contribution in [0.3, 0.4) is 0 Å². The summed E-state index contributed by atoms with van der Waals surface area (Å²) in [5.41, 5.74) is -0.242. The largest absolute Gasteiger partial charge is 0.356 e. The Bertz CT molecular complexity index is 328. The average molecular weight is 267 g/mol. The first-order chi connectivity index (χ1) is 8.71. The zero-order chi connectivity index (χ0) is 14.6. The van der Waals surface area contributed by atoms with Gasteiger partial charge in [0.25, 0.3) is 0 Å². The number of ketones is 1. The highest BCUT2D eigenvalue weighted by atomic mass is 16.1. The smallest absolute Gasteiger partial charge is 0.222 e. The van der Waals surface area contributed by atoms with Gasteiger partial charge in [-0.25, -0.2) is 0 Å². The van der Waals surface area contributed by atoms with Gasteiger partial charge in [0, 0.05) is 23.8 Å². The van der Waals surface area contributed by atoms with Crippen molar-refractivity contribution in [2.75, 3.05) is 6.54 Å². The Morgan fingerprint density at radius 1 is 1.21 bits per heavy atom. The molecule has 0 saturated heterocycles. The highest BCUT2D eigenvalue weighted by Gasteiger charge is 2.33. The molecule has 1 amide bonds. The molecule has 19 heavy (non-hydrogen) atoms. The number of rotatable bonds is 4. The Kier molecular flexibility index (Phi) is 5.57. The van der Waals surface area contributed by atoms with E-state index in [4.69, 9.17) is 0 Å². The van der Waals surface area contributed by atoms with Gasteiger partial charge in [-0.1, -0.05) is 41.0 Å². The van der Waals surface area contributed by atoms with Crippen molar-refractivity contribution in [3.05, 3.63) is 0 Å². The van der Waals surface area contributed by atoms with E-state index < -0.39 is 0 Å². The summed E-state index contributed by atoms with van der Waals surface area (Å²) in [6.07, 6.45) is 4.19. The number of Topliss-reactive ketones (excluding diaryl/α,β-unsaturated/α-hetero) is 1. The van der Waals surface area contributed by atoms with Crippen molar-refractivity contribution in [1.82, 2.24) is 5.32 Å². The van der Waals surface area contributed by atoms with Crippen molar-refractivity contribution in [3.8, 4) is 0 Å². The van der Waals surface area contributed by atoms with E-state index in [1.165, 1.54) is 0 Å². The van der Waals surface area contributed by atoms with E-state index in [1.807, 2.05) is 34.6 Å². The summed E-state index contributed by atoms with van der Waals surface area (Å²) in [5.74, 6) is 1.19. The van der Waals surface area contributed by atoms with Crippen LogP contribution in [0.25, 0.3) is 0 Å². The zero-order valence-corrected chi connectivity index (χ0v) is 13.1. The quantitative estimate of drug-likeness (QED) is 0.850. The molecule has 1 fully saturated rings. The standard InChI is InChI=1S/C16H29NO2/c1-11(2)15(19)17-10-12-7-6-8-13(9-12)14(18)16(3,4)5/h11-13H,6-10H2,1-5H3,(H,17,19). The second-order valence-corrected chi connectivity index (χ2v) is 7.24. The molecule has 0 aromatic rings. The molecule has 0 heterocycles. The van der Waals surface area contributed by atoms with E-state index in [2.05, 4.69) is 5.32 Å². The fraction of sp³-hybridized carbons (Fsp3) is 0.875. The average Bonchev–Trinajstić information content (AvgIpc) is 2.34. The lowest BCUT2D eigenvalue weighted by Gasteiger charge is -2.32. The summed E-state index contributed by atoms with van der Waals surface area (Å²) in [6, 6.07) is 0. The molecule has 0 aliphatic heterocycles. The molecule has 3 nitrogen and oxygen atoms in total. The third kappa shape index (κ3) is 4.96. The Labute approximate surface area is 117 Å². The molecule has 1 aliphatic rings. The van der Waals surface area contributed by atoms with Crippen LogP contribution in [0.5, 0.6) is 0 Å². The Balaban J connectivity index is 2.47. The number of nitrogens with one attached hydrogen (secondary N) is 1. The first kappa shape index (κ1) is 16.2. The first-order valence-electron chi connectivity index (χ1n) is 7.54. The van der Waals surface area contributed by atoms with Gasteiger partial charge in [-0.3, -0.25) is 9.59 Å². The maximum atomic E-state index is 12.3. The minimum atomic E-state index is -0.242. The van der Waals surface area contributed by atoms with Crippen molar-refractivity contribution >= 4 is 11.7 Å². The number of carbonyl (C=O) groups excluding carboxylic acids is 2. The van der Waals surface area contributed by atoms with Crippen LogP contribution < -0.4 is 5.32 Å². The molecule has 1 saturated carbocycles. The van der Waals surface area contributed by atoms with E-state index in [-0.39, 0.29) is 23.2 Å². The normalized spacial score (nSPS) is 24.3. The summed E-state index contributed by atoms with van der Waals surface area (Å²) < 4.78 is 0. The fourth-order valence-electron chi connectivity index (χ4n) is 2.78. The predicted molar refractivity (Wildman–Crippen MR) is 77.8 cm³/mol. The van der Waals surface area contributed by atoms with Gasteiger partial charge in [-0.2, -0.15) is 0 Å². The van der Waals surface area contributed by atoms with Crippen molar-refractivity contribution < 1.29 is 9.59 Å². The summed E-state index contributed by atoms with van der Waals surface area (Å²) in [4.78, 5) is 23.9. The maximum absolute atomic E-state index is 12.3. The van der Waals surface area contributed by atoms with Gasteiger partial charge in [-0.15, -0.1) is 0 Å². The van der Waals surface area contributed by atoms with Gasteiger partial charge < -0.3 is 5.32 Å². The number of carbonyl (C=O) groups is 2. The molecule has 110 valence electrons. The van der Waals surface area contributed by atoms with E-state index in [0.29, 0.717) is 11.7 Å². The second-order valence-electron chi connectivity index (χ2n) is 7.24. The van der Waals surface area contributed by atoms with E-state index in [9.17, 15) is 9.59 Å². The number of hydrogen-bond acceptors (Lipinski definition) is 2. The van der Waals surface area contributed by atoms with Crippen LogP contribution >= 0.6 is 0 Å². The minimum absolute atomic E-state index is 0.0376. The SMILES string of the molecule is CC(C)C(=O)NCC1CCCC(C(=O)C(C)(C)C)C1. The molecule has 0 spiro atoms. The monoisotopic (exact) mass is 267 g/mol. The number of amides is 1. The molecule has 2 atom stereocenters. The number of hydrogen-bond donors (Lipinski definition) is 1. The molecular formula is C16H29NO2. The van der Waals surface area contributed by atoms with Gasteiger partial charge in [0.15, 0.2) is 0 Å². The lowest BCUT2D eigenvalue weighted by Crippen LogP contribution is -2.37. The van der Waals surface area contributed by atoms with Gasteiger partial charge in [0.2, 0.25) is 5.91 Å². The van der Waals surface area contributed by atoms with E-state index in [1.54, 1.807) is 0 Å². The maximum Gasteiger partial charge on any atom is 0.222 e. The lowest BCUT2D eigenvalue weighted by atomic mass is 9.73.